The predicted molar refractivity (Wildman–Crippen MR) is 280 cm³/mol. The summed E-state index contributed by atoms with van der Waals surface area (Å²) in [6.45, 7) is 8.63. The van der Waals surface area contributed by atoms with Gasteiger partial charge in [-0.3, -0.25) is 53.1 Å². The van der Waals surface area contributed by atoms with Crippen LogP contribution < -0.4 is 71.2 Å². The number of amides is 9. The Morgan fingerprint density at radius 2 is 1.24 bits per heavy atom. The van der Waals surface area contributed by atoms with Crippen molar-refractivity contribution in [3.8, 4) is 0 Å². The molecular formula is C48H80N16O12. The number of aliphatic imine (C=N–C) groups is 2. The molecular weight excluding hydrogens is 993 g/mol. The number of aliphatic hydroxyl groups excluding tert-OH is 1. The molecule has 28 nitrogen and oxygen atoms in total. The summed E-state index contributed by atoms with van der Waals surface area (Å²) < 4.78 is 0. The summed E-state index contributed by atoms with van der Waals surface area (Å²) in [4.78, 5) is 142. The van der Waals surface area contributed by atoms with Crippen LogP contribution >= 0.6 is 0 Å². The first kappa shape index (κ1) is 64.5. The number of hydrogen-bond acceptors (Lipinski definition) is 14. The number of hydrogen-bond donors (Lipinski definition) is 15. The van der Waals surface area contributed by atoms with Crippen LogP contribution in [0.2, 0.25) is 0 Å². The van der Waals surface area contributed by atoms with Crippen molar-refractivity contribution in [2.75, 3.05) is 32.7 Å². The highest BCUT2D eigenvalue weighted by Gasteiger charge is 2.37. The molecule has 9 amide bonds. The zero-order valence-electron chi connectivity index (χ0n) is 44.1. The third-order valence-electron chi connectivity index (χ3n) is 12.4. The molecule has 1 aromatic carbocycles. The fourth-order valence-electron chi connectivity index (χ4n) is 7.79. The molecule has 0 spiro atoms. The highest BCUT2D eigenvalue weighted by molar-refractivity contribution is 5.98. The molecule has 0 radical (unpaired) electrons. The fourth-order valence-corrected chi connectivity index (χ4v) is 7.79. The number of carbonyl (C=O) groups is 10. The standard InChI is InChI=1S/C48H80N16O12/c1-7-26(4)37(46(75)76)62-45(74)38(28(6)65)63-44(73)36(25(2)3)61-42(71)32(22-29-14-9-8-10-15-29)60-39(68)27(5)58-41(70)31(17-12-20-55-48(52)53)59-34(66)23-56-43(72)33-18-13-21-64(33)35(67)24-57-40(69)30(49)16-11-19-54-47(50)51/h8-10,14-15,25-28,30-33,36-38,65H,7,11-13,16-24,49H2,1-6H3,(H,56,72)(H,57,69)(H,58,70)(H,59,66)(H,60,68)(H,61,71)(H,62,74)(H,63,73)(H,75,76)(H4,50,51,54)(H4,52,53,55)/t26-,27-,28+,30-,31-,32-,33-,36-,37-,38-/m0/s1. The lowest BCUT2D eigenvalue weighted by atomic mass is 9.98. The molecule has 1 aliphatic rings. The Kier molecular flexibility index (Phi) is 27.7. The smallest absolute Gasteiger partial charge is 0.326 e. The van der Waals surface area contributed by atoms with Gasteiger partial charge in [-0.15, -0.1) is 0 Å². The quantitative estimate of drug-likeness (QED) is 0.0182. The predicted octanol–water partition coefficient (Wildman–Crippen LogP) is -5.02. The second-order valence-electron chi connectivity index (χ2n) is 19.0. The first-order valence-corrected chi connectivity index (χ1v) is 25.2. The van der Waals surface area contributed by atoms with Crippen LogP contribution in [0.25, 0.3) is 0 Å². The number of aliphatic carboxylic acids is 1. The molecule has 20 N–H and O–H groups in total. The topological polar surface area (TPSA) is 465 Å². The Morgan fingerprint density at radius 3 is 1.80 bits per heavy atom. The van der Waals surface area contributed by atoms with Gasteiger partial charge in [-0.1, -0.05) is 64.4 Å². The number of benzene rings is 1. The van der Waals surface area contributed by atoms with Crippen LogP contribution in [0.1, 0.15) is 92.1 Å². The summed E-state index contributed by atoms with van der Waals surface area (Å²) >= 11 is 0. The van der Waals surface area contributed by atoms with Gasteiger partial charge >= 0.3 is 5.97 Å². The lowest BCUT2D eigenvalue weighted by Gasteiger charge is -2.29. The van der Waals surface area contributed by atoms with Gasteiger partial charge in [0.25, 0.3) is 0 Å². The molecule has 28 heteroatoms. The van der Waals surface area contributed by atoms with Crippen LogP contribution in [0.15, 0.2) is 40.3 Å². The van der Waals surface area contributed by atoms with Crippen molar-refractivity contribution in [1.82, 2.24) is 47.4 Å². The number of nitrogens with zero attached hydrogens (tertiary/aromatic N) is 3. The van der Waals surface area contributed by atoms with Gasteiger partial charge in [-0.2, -0.15) is 0 Å². The minimum Gasteiger partial charge on any atom is -0.480 e. The average Bonchev–Trinajstić information content (AvgIpc) is 3.86. The van der Waals surface area contributed by atoms with Gasteiger partial charge in [0, 0.05) is 26.1 Å². The maximum Gasteiger partial charge on any atom is 0.326 e. The van der Waals surface area contributed by atoms with E-state index in [-0.39, 0.29) is 63.7 Å². The number of carboxylic acid groups (broad SMARTS) is 1. The molecule has 1 aliphatic heterocycles. The normalized spacial score (nSPS) is 16.5. The number of nitrogens with one attached hydrogen (secondary N) is 8. The number of likely N-dealkylation sites (tertiary alicyclic amines) is 1. The molecule has 0 unspecified atom stereocenters. The van der Waals surface area contributed by atoms with Crippen molar-refractivity contribution < 1.29 is 58.2 Å². The van der Waals surface area contributed by atoms with Gasteiger partial charge < -0.3 is 86.3 Å². The molecule has 1 saturated heterocycles. The van der Waals surface area contributed by atoms with E-state index in [1.807, 2.05) is 0 Å². The van der Waals surface area contributed by atoms with E-state index >= 15 is 0 Å². The van der Waals surface area contributed by atoms with Crippen molar-refractivity contribution in [3.63, 3.8) is 0 Å². The molecule has 1 heterocycles. The Bertz CT molecular complexity index is 2210. The molecule has 2 rings (SSSR count). The summed E-state index contributed by atoms with van der Waals surface area (Å²) in [6, 6.07) is -1.59. The van der Waals surface area contributed by atoms with Gasteiger partial charge in [0.15, 0.2) is 11.9 Å². The fraction of sp³-hybridized carbons (Fsp3) is 0.625. The molecule has 0 aromatic heterocycles. The van der Waals surface area contributed by atoms with Crippen molar-refractivity contribution in [2.24, 2.45) is 50.5 Å². The van der Waals surface area contributed by atoms with Crippen molar-refractivity contribution >= 4 is 71.1 Å². The minimum atomic E-state index is -1.61. The van der Waals surface area contributed by atoms with Crippen LogP contribution in [0.5, 0.6) is 0 Å². The van der Waals surface area contributed by atoms with Gasteiger partial charge in [0.2, 0.25) is 53.2 Å². The van der Waals surface area contributed by atoms with Crippen LogP contribution in [0, 0.1) is 11.8 Å². The number of aliphatic hydroxyl groups is 1. The van der Waals surface area contributed by atoms with E-state index in [0.29, 0.717) is 24.8 Å². The first-order chi connectivity index (χ1) is 35.8. The van der Waals surface area contributed by atoms with E-state index in [0.717, 1.165) is 0 Å². The average molecular weight is 1070 g/mol. The Morgan fingerprint density at radius 1 is 0.671 bits per heavy atom. The summed E-state index contributed by atoms with van der Waals surface area (Å²) in [5.41, 5.74) is 28.0. The maximum absolute atomic E-state index is 14.1. The largest absolute Gasteiger partial charge is 0.480 e. The number of guanidine groups is 2. The van der Waals surface area contributed by atoms with Gasteiger partial charge in [-0.05, 0) is 69.8 Å². The summed E-state index contributed by atoms with van der Waals surface area (Å²) in [7, 11) is 0. The number of carbonyl (C=O) groups excluding carboxylic acids is 9. The lowest BCUT2D eigenvalue weighted by Crippen LogP contribution is -2.62. The maximum atomic E-state index is 14.1. The Balaban J connectivity index is 2.18. The molecule has 10 atom stereocenters. The number of nitrogens with two attached hydrogens (primary N) is 5. The second-order valence-corrected chi connectivity index (χ2v) is 19.0. The zero-order valence-corrected chi connectivity index (χ0v) is 44.1. The van der Waals surface area contributed by atoms with E-state index in [1.165, 1.54) is 18.7 Å². The molecule has 0 saturated carbocycles. The molecule has 424 valence electrons. The van der Waals surface area contributed by atoms with E-state index in [1.54, 1.807) is 58.0 Å². The van der Waals surface area contributed by atoms with E-state index < -0.39 is 138 Å². The third kappa shape index (κ3) is 22.5. The summed E-state index contributed by atoms with van der Waals surface area (Å²) in [5.74, 6) is -9.66. The van der Waals surface area contributed by atoms with E-state index in [9.17, 15) is 58.2 Å². The Hall–Kier alpha value is -7.62. The van der Waals surface area contributed by atoms with Crippen molar-refractivity contribution in [3.05, 3.63) is 35.9 Å². The number of carboxylic acids is 1. The summed E-state index contributed by atoms with van der Waals surface area (Å²) in [5, 5.41) is 40.3. The molecule has 0 aliphatic carbocycles. The van der Waals surface area contributed by atoms with E-state index in [2.05, 4.69) is 52.5 Å². The highest BCUT2D eigenvalue weighted by Crippen LogP contribution is 2.18. The SMILES string of the molecule is CC[C@H](C)[C@H](NC(=O)[C@@H](NC(=O)[C@@H](NC(=O)[C@H](Cc1ccccc1)NC(=O)[C@H](C)NC(=O)[C@H](CCCN=C(N)N)NC(=O)CNC(=O)[C@@H]1CCCN1C(=O)CNC(=O)[C@@H](N)CCCN=C(N)N)C(C)C)[C@@H](C)O)C(=O)O. The molecule has 1 fully saturated rings. The van der Waals surface area contributed by atoms with Gasteiger partial charge in [0.1, 0.15) is 42.3 Å². The Labute approximate surface area is 442 Å². The third-order valence-corrected chi connectivity index (χ3v) is 12.4. The van der Waals surface area contributed by atoms with Crippen LogP contribution in [0.3, 0.4) is 0 Å². The van der Waals surface area contributed by atoms with Crippen LogP contribution in [-0.4, -0.2) is 173 Å². The lowest BCUT2D eigenvalue weighted by molar-refractivity contribution is -0.144. The highest BCUT2D eigenvalue weighted by atomic mass is 16.4. The van der Waals surface area contributed by atoms with E-state index in [4.69, 9.17) is 28.7 Å². The monoisotopic (exact) mass is 1070 g/mol. The van der Waals surface area contributed by atoms with Gasteiger partial charge in [-0.25, -0.2) is 4.79 Å². The van der Waals surface area contributed by atoms with Crippen LogP contribution in [-0.2, 0) is 54.4 Å². The molecule has 1 aromatic rings. The zero-order chi connectivity index (χ0) is 57.2. The summed E-state index contributed by atoms with van der Waals surface area (Å²) in [6.07, 6.45) is 0.380. The van der Waals surface area contributed by atoms with Crippen molar-refractivity contribution in [2.45, 2.75) is 147 Å². The first-order valence-electron chi connectivity index (χ1n) is 25.2. The van der Waals surface area contributed by atoms with Crippen LogP contribution in [0.4, 0.5) is 0 Å². The molecule has 0 bridgehead atoms. The minimum absolute atomic E-state index is 0.0412. The van der Waals surface area contributed by atoms with Gasteiger partial charge in [0.05, 0.1) is 25.2 Å². The number of rotatable bonds is 32. The molecule has 76 heavy (non-hydrogen) atoms. The second kappa shape index (κ2) is 32.6. The van der Waals surface area contributed by atoms with Crippen molar-refractivity contribution in [1.29, 1.82) is 0 Å².